The second kappa shape index (κ2) is 3.35. The molecule has 1 saturated heterocycles. The van der Waals surface area contributed by atoms with Crippen molar-refractivity contribution < 1.29 is 0 Å². The van der Waals surface area contributed by atoms with Crippen LogP contribution in [0.2, 0.25) is 0 Å². The molecule has 2 nitrogen and oxygen atoms in total. The predicted octanol–water partition coefficient (Wildman–Crippen LogP) is 2.12. The van der Waals surface area contributed by atoms with Gasteiger partial charge >= 0.3 is 0 Å². The van der Waals surface area contributed by atoms with Crippen molar-refractivity contribution in [1.82, 2.24) is 4.90 Å². The van der Waals surface area contributed by atoms with E-state index < -0.39 is 0 Å². The lowest BCUT2D eigenvalue weighted by Crippen LogP contribution is -2.43. The number of nitriles is 1. The quantitative estimate of drug-likeness (QED) is 0.513. The van der Waals surface area contributed by atoms with Gasteiger partial charge in [0.25, 0.3) is 0 Å². The van der Waals surface area contributed by atoms with Gasteiger partial charge in [-0.15, -0.1) is 0 Å². The van der Waals surface area contributed by atoms with E-state index in [-0.39, 0.29) is 0 Å². The highest BCUT2D eigenvalue weighted by atomic mass is 15.2. The Labute approximate surface area is 74.2 Å². The molecule has 1 aliphatic heterocycles. The molecule has 12 heavy (non-hydrogen) atoms. The second-order valence-corrected chi connectivity index (χ2v) is 4.05. The minimum absolute atomic E-state index is 0.609. The van der Waals surface area contributed by atoms with Crippen LogP contribution >= 0.6 is 0 Å². The van der Waals surface area contributed by atoms with Gasteiger partial charge in [-0.05, 0) is 31.6 Å². The molecular weight excluding hydrogens is 148 g/mol. The van der Waals surface area contributed by atoms with Crippen molar-refractivity contribution in [2.24, 2.45) is 5.92 Å². The summed E-state index contributed by atoms with van der Waals surface area (Å²) in [4.78, 5) is 2.02. The molecule has 1 heterocycles. The second-order valence-electron chi connectivity index (χ2n) is 4.05. The maximum atomic E-state index is 8.91. The number of fused-ring (bicyclic) bond motifs is 1. The third-order valence-corrected chi connectivity index (χ3v) is 3.37. The van der Waals surface area contributed by atoms with Crippen LogP contribution < -0.4 is 0 Å². The molecule has 0 N–H and O–H groups in total. The smallest absolute Gasteiger partial charge is 0.179 e. The first-order valence-corrected chi connectivity index (χ1v) is 5.08. The third-order valence-electron chi connectivity index (χ3n) is 3.37. The molecule has 2 aliphatic rings. The molecule has 2 atom stereocenters. The van der Waals surface area contributed by atoms with E-state index in [4.69, 9.17) is 5.26 Å². The molecule has 2 rings (SSSR count). The van der Waals surface area contributed by atoms with E-state index >= 15 is 0 Å². The molecule has 0 aromatic carbocycles. The van der Waals surface area contributed by atoms with Crippen molar-refractivity contribution in [2.75, 3.05) is 6.54 Å². The maximum Gasteiger partial charge on any atom is 0.179 e. The third kappa shape index (κ3) is 1.29. The van der Waals surface area contributed by atoms with E-state index in [2.05, 4.69) is 6.19 Å². The number of piperidine rings is 1. The van der Waals surface area contributed by atoms with E-state index in [9.17, 15) is 0 Å². The molecule has 1 aliphatic carbocycles. The highest BCUT2D eigenvalue weighted by Crippen LogP contribution is 2.34. The fraction of sp³-hybridized carbons (Fsp3) is 0.900. The summed E-state index contributed by atoms with van der Waals surface area (Å²) >= 11 is 0. The summed E-state index contributed by atoms with van der Waals surface area (Å²) in [6, 6.07) is 0.609. The molecule has 0 spiro atoms. The van der Waals surface area contributed by atoms with Gasteiger partial charge in [-0.3, -0.25) is 0 Å². The topological polar surface area (TPSA) is 27.0 Å². The van der Waals surface area contributed by atoms with Crippen molar-refractivity contribution in [3.8, 4) is 6.19 Å². The molecular formula is C10H16N2. The van der Waals surface area contributed by atoms with E-state index in [0.29, 0.717) is 6.04 Å². The van der Waals surface area contributed by atoms with Crippen LogP contribution in [0.3, 0.4) is 0 Å². The highest BCUT2D eigenvalue weighted by molar-refractivity contribution is 4.92. The summed E-state index contributed by atoms with van der Waals surface area (Å²) in [6.07, 6.45) is 10.3. The highest BCUT2D eigenvalue weighted by Gasteiger charge is 2.32. The molecule has 0 aromatic heterocycles. The minimum Gasteiger partial charge on any atom is -0.307 e. The molecule has 66 valence electrons. The van der Waals surface area contributed by atoms with Crippen LogP contribution in [0.1, 0.15) is 38.5 Å². The molecule has 0 bridgehead atoms. The van der Waals surface area contributed by atoms with Gasteiger partial charge in [0, 0.05) is 12.6 Å². The molecule has 0 amide bonds. The molecule has 2 heteroatoms. The lowest BCUT2D eigenvalue weighted by atomic mass is 9.78. The lowest BCUT2D eigenvalue weighted by molar-refractivity contribution is 0.109. The molecule has 2 fully saturated rings. The monoisotopic (exact) mass is 164 g/mol. The van der Waals surface area contributed by atoms with Crippen LogP contribution in [0.25, 0.3) is 0 Å². The van der Waals surface area contributed by atoms with Gasteiger partial charge in [0.05, 0.1) is 0 Å². The first-order chi connectivity index (χ1) is 5.92. The predicted molar refractivity (Wildman–Crippen MR) is 47.3 cm³/mol. The fourth-order valence-electron chi connectivity index (χ4n) is 2.75. The average Bonchev–Trinajstić information content (AvgIpc) is 2.17. The van der Waals surface area contributed by atoms with E-state index in [1.54, 1.807) is 0 Å². The van der Waals surface area contributed by atoms with E-state index in [1.165, 1.54) is 38.5 Å². The lowest BCUT2D eigenvalue weighted by Gasteiger charge is -2.41. The fourth-order valence-corrected chi connectivity index (χ4v) is 2.75. The van der Waals surface area contributed by atoms with Gasteiger partial charge in [0.2, 0.25) is 0 Å². The molecule has 0 radical (unpaired) electrons. The minimum atomic E-state index is 0.609. The summed E-state index contributed by atoms with van der Waals surface area (Å²) in [7, 11) is 0. The van der Waals surface area contributed by atoms with Gasteiger partial charge in [-0.25, -0.2) is 0 Å². The Morgan fingerprint density at radius 2 is 1.83 bits per heavy atom. The zero-order chi connectivity index (χ0) is 8.39. The van der Waals surface area contributed by atoms with Crippen molar-refractivity contribution in [3.05, 3.63) is 0 Å². The van der Waals surface area contributed by atoms with Crippen LogP contribution in [0.4, 0.5) is 0 Å². The summed E-state index contributed by atoms with van der Waals surface area (Å²) in [5.41, 5.74) is 0. The van der Waals surface area contributed by atoms with E-state index in [0.717, 1.165) is 12.5 Å². The van der Waals surface area contributed by atoms with Crippen molar-refractivity contribution >= 4 is 0 Å². The largest absolute Gasteiger partial charge is 0.307 e. The van der Waals surface area contributed by atoms with Gasteiger partial charge in [0.15, 0.2) is 6.19 Å². The van der Waals surface area contributed by atoms with Gasteiger partial charge in [0.1, 0.15) is 0 Å². The maximum absolute atomic E-state index is 8.91. The van der Waals surface area contributed by atoms with Gasteiger partial charge in [-0.1, -0.05) is 12.8 Å². The normalized spacial score (nSPS) is 35.4. The molecule has 1 saturated carbocycles. The van der Waals surface area contributed by atoms with Gasteiger partial charge < -0.3 is 4.90 Å². The Morgan fingerprint density at radius 3 is 2.67 bits per heavy atom. The number of nitrogens with zero attached hydrogens (tertiary/aromatic N) is 2. The number of likely N-dealkylation sites (tertiary alicyclic amines) is 1. The Morgan fingerprint density at radius 1 is 1.08 bits per heavy atom. The number of rotatable bonds is 0. The van der Waals surface area contributed by atoms with E-state index in [1.807, 2.05) is 4.90 Å². The average molecular weight is 164 g/mol. The summed E-state index contributed by atoms with van der Waals surface area (Å²) in [5, 5.41) is 8.91. The van der Waals surface area contributed by atoms with Crippen LogP contribution in [-0.2, 0) is 0 Å². The van der Waals surface area contributed by atoms with Crippen LogP contribution in [-0.4, -0.2) is 17.5 Å². The van der Waals surface area contributed by atoms with Crippen LogP contribution in [0.15, 0.2) is 0 Å². The first kappa shape index (κ1) is 7.91. The Kier molecular flexibility index (Phi) is 2.21. The van der Waals surface area contributed by atoms with Gasteiger partial charge in [-0.2, -0.15) is 5.26 Å². The Hall–Kier alpha value is -0.710. The standard InChI is InChI=1S/C10H16N2/c11-8-12-7-3-5-9-4-1-2-6-10(9)12/h9-10H,1-7H2/t9-,10-/m1/s1. The van der Waals surface area contributed by atoms with Crippen molar-refractivity contribution in [1.29, 1.82) is 5.26 Å². The number of hydrogen-bond donors (Lipinski definition) is 0. The summed E-state index contributed by atoms with van der Waals surface area (Å²) < 4.78 is 0. The zero-order valence-electron chi connectivity index (χ0n) is 7.50. The Bertz CT molecular complexity index is 193. The van der Waals surface area contributed by atoms with Crippen molar-refractivity contribution in [2.45, 2.75) is 44.6 Å². The number of hydrogen-bond acceptors (Lipinski definition) is 2. The Balaban J connectivity index is 2.05. The molecule has 0 aromatic rings. The first-order valence-electron chi connectivity index (χ1n) is 5.08. The van der Waals surface area contributed by atoms with Crippen molar-refractivity contribution in [3.63, 3.8) is 0 Å². The van der Waals surface area contributed by atoms with Crippen LogP contribution in [0, 0.1) is 17.4 Å². The summed E-state index contributed by atoms with van der Waals surface area (Å²) in [6.45, 7) is 1.01. The molecule has 0 unspecified atom stereocenters. The SMILES string of the molecule is N#CN1CCC[C@H]2CCCC[C@H]21. The van der Waals surface area contributed by atoms with Crippen LogP contribution in [0.5, 0.6) is 0 Å². The zero-order valence-corrected chi connectivity index (χ0v) is 7.50. The summed E-state index contributed by atoms with van der Waals surface area (Å²) in [5.74, 6) is 0.840.